The van der Waals surface area contributed by atoms with E-state index in [0.29, 0.717) is 0 Å². The molecule has 0 amide bonds. The molecule has 0 aliphatic rings. The Balaban J connectivity index is 2.21. The summed E-state index contributed by atoms with van der Waals surface area (Å²) in [6, 6.07) is 6.04. The molecule has 0 spiro atoms. The molecule has 0 aliphatic carbocycles. The average Bonchev–Trinajstić information content (AvgIpc) is 2.70. The third-order valence-electron chi connectivity index (χ3n) is 3.01. The van der Waals surface area contributed by atoms with E-state index in [0.717, 1.165) is 27.9 Å². The first-order valence-electron chi connectivity index (χ1n) is 5.45. The Bertz CT molecular complexity index is 685. The fourth-order valence-electron chi connectivity index (χ4n) is 1.87. The molecule has 0 aromatic carbocycles. The first kappa shape index (κ1) is 9.96. The summed E-state index contributed by atoms with van der Waals surface area (Å²) >= 11 is 0. The molecule has 3 aromatic heterocycles. The van der Waals surface area contributed by atoms with Gasteiger partial charge in [0, 0.05) is 29.9 Å². The monoisotopic (exact) mass is 224 g/mol. The van der Waals surface area contributed by atoms with Gasteiger partial charge in [0.1, 0.15) is 0 Å². The molecule has 84 valence electrons. The van der Waals surface area contributed by atoms with E-state index < -0.39 is 0 Å². The molecule has 4 nitrogen and oxygen atoms in total. The van der Waals surface area contributed by atoms with Gasteiger partial charge in [-0.2, -0.15) is 5.10 Å². The normalized spacial score (nSPS) is 10.9. The fraction of sp³-hybridized carbons (Fsp3) is 0.154. The number of rotatable bonds is 1. The smallest absolute Gasteiger partial charge is 0.0892 e. The van der Waals surface area contributed by atoms with Crippen LogP contribution in [0.5, 0.6) is 0 Å². The summed E-state index contributed by atoms with van der Waals surface area (Å²) in [5.41, 5.74) is 4.03. The number of aromatic nitrogens is 4. The van der Waals surface area contributed by atoms with Crippen molar-refractivity contribution in [3.63, 3.8) is 0 Å². The number of hydrogen-bond donors (Lipinski definition) is 0. The van der Waals surface area contributed by atoms with Gasteiger partial charge in [-0.05, 0) is 19.1 Å². The highest BCUT2D eigenvalue weighted by Crippen LogP contribution is 2.22. The fourth-order valence-corrected chi connectivity index (χ4v) is 1.87. The lowest BCUT2D eigenvalue weighted by Crippen LogP contribution is -1.93. The van der Waals surface area contributed by atoms with Crippen molar-refractivity contribution in [3.8, 4) is 11.3 Å². The highest BCUT2D eigenvalue weighted by Gasteiger charge is 2.08. The van der Waals surface area contributed by atoms with Gasteiger partial charge in [0.2, 0.25) is 0 Å². The van der Waals surface area contributed by atoms with Crippen LogP contribution in [0.15, 0.2) is 36.8 Å². The minimum Gasteiger partial charge on any atom is -0.272 e. The van der Waals surface area contributed by atoms with Crippen molar-refractivity contribution in [1.82, 2.24) is 19.7 Å². The molecular weight excluding hydrogens is 212 g/mol. The van der Waals surface area contributed by atoms with Crippen LogP contribution >= 0.6 is 0 Å². The standard InChI is InChI=1S/C13H12N4/c1-9-11(7-15-17(9)2)12-4-3-10-5-6-14-8-13(10)16-12/h3-8H,1-2H3. The molecule has 3 aromatic rings. The van der Waals surface area contributed by atoms with Crippen molar-refractivity contribution >= 4 is 10.9 Å². The Morgan fingerprint density at radius 3 is 2.76 bits per heavy atom. The summed E-state index contributed by atoms with van der Waals surface area (Å²) in [6.07, 6.45) is 5.41. The van der Waals surface area contributed by atoms with Crippen LogP contribution in [0.25, 0.3) is 22.2 Å². The maximum atomic E-state index is 4.60. The van der Waals surface area contributed by atoms with Crippen LogP contribution in [0.2, 0.25) is 0 Å². The van der Waals surface area contributed by atoms with Gasteiger partial charge < -0.3 is 0 Å². The van der Waals surface area contributed by atoms with Crippen LogP contribution in [0.4, 0.5) is 0 Å². The Hall–Kier alpha value is -2.23. The molecule has 0 bridgehead atoms. The van der Waals surface area contributed by atoms with Crippen LogP contribution in [0.3, 0.4) is 0 Å². The SMILES string of the molecule is Cc1c(-c2ccc3ccncc3n2)cnn1C. The lowest BCUT2D eigenvalue weighted by Gasteiger charge is -2.02. The summed E-state index contributed by atoms with van der Waals surface area (Å²) in [4.78, 5) is 8.70. The van der Waals surface area contributed by atoms with Crippen LogP contribution in [-0.2, 0) is 7.05 Å². The average molecular weight is 224 g/mol. The van der Waals surface area contributed by atoms with Gasteiger partial charge in [-0.25, -0.2) is 4.98 Å². The maximum Gasteiger partial charge on any atom is 0.0892 e. The van der Waals surface area contributed by atoms with Crippen molar-refractivity contribution in [2.24, 2.45) is 7.05 Å². The Morgan fingerprint density at radius 1 is 1.12 bits per heavy atom. The van der Waals surface area contributed by atoms with Crippen LogP contribution in [-0.4, -0.2) is 19.7 Å². The topological polar surface area (TPSA) is 43.6 Å². The molecule has 0 radical (unpaired) electrons. The third kappa shape index (κ3) is 1.58. The minimum atomic E-state index is 0.910. The number of fused-ring (bicyclic) bond motifs is 1. The zero-order chi connectivity index (χ0) is 11.8. The molecule has 0 fully saturated rings. The summed E-state index contributed by atoms with van der Waals surface area (Å²) < 4.78 is 1.85. The van der Waals surface area contributed by atoms with Gasteiger partial charge in [0.25, 0.3) is 0 Å². The second-order valence-electron chi connectivity index (χ2n) is 4.03. The van der Waals surface area contributed by atoms with Gasteiger partial charge in [-0.15, -0.1) is 0 Å². The quantitative estimate of drug-likeness (QED) is 0.637. The van der Waals surface area contributed by atoms with E-state index in [4.69, 9.17) is 0 Å². The first-order chi connectivity index (χ1) is 8.25. The molecule has 0 unspecified atom stereocenters. The minimum absolute atomic E-state index is 0.910. The zero-order valence-corrected chi connectivity index (χ0v) is 9.75. The van der Waals surface area contributed by atoms with Crippen LogP contribution < -0.4 is 0 Å². The predicted molar refractivity (Wildman–Crippen MR) is 66.5 cm³/mol. The van der Waals surface area contributed by atoms with Crippen molar-refractivity contribution in [1.29, 1.82) is 0 Å². The lowest BCUT2D eigenvalue weighted by atomic mass is 10.1. The molecule has 0 saturated heterocycles. The Labute approximate surface area is 98.9 Å². The highest BCUT2D eigenvalue weighted by atomic mass is 15.3. The summed E-state index contributed by atoms with van der Waals surface area (Å²) in [5.74, 6) is 0. The predicted octanol–water partition coefficient (Wildman–Crippen LogP) is 2.34. The number of hydrogen-bond acceptors (Lipinski definition) is 3. The van der Waals surface area contributed by atoms with Crippen molar-refractivity contribution < 1.29 is 0 Å². The van der Waals surface area contributed by atoms with Gasteiger partial charge in [0.05, 0.1) is 23.6 Å². The molecule has 0 atom stereocenters. The van der Waals surface area contributed by atoms with E-state index in [9.17, 15) is 0 Å². The second-order valence-corrected chi connectivity index (χ2v) is 4.03. The van der Waals surface area contributed by atoms with E-state index in [1.54, 1.807) is 12.4 Å². The largest absolute Gasteiger partial charge is 0.272 e. The van der Waals surface area contributed by atoms with E-state index in [1.807, 2.05) is 37.0 Å². The zero-order valence-electron chi connectivity index (χ0n) is 9.75. The molecular formula is C13H12N4. The van der Waals surface area contributed by atoms with E-state index in [-0.39, 0.29) is 0 Å². The lowest BCUT2D eigenvalue weighted by molar-refractivity contribution is 0.740. The molecule has 0 aliphatic heterocycles. The molecule has 3 heterocycles. The van der Waals surface area contributed by atoms with Gasteiger partial charge >= 0.3 is 0 Å². The Morgan fingerprint density at radius 2 is 2.00 bits per heavy atom. The van der Waals surface area contributed by atoms with Crippen molar-refractivity contribution in [2.75, 3.05) is 0 Å². The van der Waals surface area contributed by atoms with E-state index in [1.165, 1.54) is 0 Å². The summed E-state index contributed by atoms with van der Waals surface area (Å²) in [6.45, 7) is 2.04. The van der Waals surface area contributed by atoms with E-state index >= 15 is 0 Å². The number of nitrogens with zero attached hydrogens (tertiary/aromatic N) is 4. The number of aryl methyl sites for hydroxylation is 1. The van der Waals surface area contributed by atoms with Crippen molar-refractivity contribution in [2.45, 2.75) is 6.92 Å². The highest BCUT2D eigenvalue weighted by molar-refractivity contribution is 5.80. The van der Waals surface area contributed by atoms with Crippen LogP contribution in [0, 0.1) is 6.92 Å². The number of pyridine rings is 2. The first-order valence-corrected chi connectivity index (χ1v) is 5.45. The van der Waals surface area contributed by atoms with E-state index in [2.05, 4.69) is 21.1 Å². The molecule has 17 heavy (non-hydrogen) atoms. The molecule has 4 heteroatoms. The van der Waals surface area contributed by atoms with Gasteiger partial charge in [-0.1, -0.05) is 6.07 Å². The maximum absolute atomic E-state index is 4.60. The molecule has 0 saturated carbocycles. The van der Waals surface area contributed by atoms with Crippen molar-refractivity contribution in [3.05, 3.63) is 42.5 Å². The molecule has 0 N–H and O–H groups in total. The molecule has 3 rings (SSSR count). The third-order valence-corrected chi connectivity index (χ3v) is 3.01. The Kier molecular flexibility index (Phi) is 2.14. The second kappa shape index (κ2) is 3.66. The van der Waals surface area contributed by atoms with Gasteiger partial charge in [0.15, 0.2) is 0 Å². The summed E-state index contributed by atoms with van der Waals surface area (Å²) in [7, 11) is 1.93. The van der Waals surface area contributed by atoms with Crippen LogP contribution in [0.1, 0.15) is 5.69 Å². The summed E-state index contributed by atoms with van der Waals surface area (Å²) in [5, 5.41) is 5.34. The van der Waals surface area contributed by atoms with Gasteiger partial charge in [-0.3, -0.25) is 9.67 Å².